The standard InChI is InChI=1S/C12H11Cl2N3/c1-8-3-5-9(6-4-8)17(2)11-10(13)7-15-12(14)16-11/h3-7H,1-2H3. The van der Waals surface area contributed by atoms with Crippen LogP contribution in [0.25, 0.3) is 0 Å². The summed E-state index contributed by atoms with van der Waals surface area (Å²) >= 11 is 11.8. The number of aromatic nitrogens is 2. The maximum absolute atomic E-state index is 6.05. The van der Waals surface area contributed by atoms with Gasteiger partial charge in [0.2, 0.25) is 5.28 Å². The molecular weight excluding hydrogens is 257 g/mol. The lowest BCUT2D eigenvalue weighted by atomic mass is 10.2. The maximum atomic E-state index is 6.05. The Morgan fingerprint density at radius 3 is 2.41 bits per heavy atom. The molecule has 0 aliphatic rings. The van der Waals surface area contributed by atoms with Crippen LogP contribution >= 0.6 is 23.2 Å². The molecule has 0 fully saturated rings. The molecule has 0 bridgehead atoms. The van der Waals surface area contributed by atoms with E-state index in [0.717, 1.165) is 5.69 Å². The van der Waals surface area contributed by atoms with Gasteiger partial charge in [-0.3, -0.25) is 0 Å². The van der Waals surface area contributed by atoms with Crippen molar-refractivity contribution in [3.8, 4) is 0 Å². The normalized spacial score (nSPS) is 10.4. The van der Waals surface area contributed by atoms with E-state index < -0.39 is 0 Å². The zero-order chi connectivity index (χ0) is 12.4. The van der Waals surface area contributed by atoms with Gasteiger partial charge in [0.05, 0.1) is 6.20 Å². The van der Waals surface area contributed by atoms with Crippen molar-refractivity contribution in [3.05, 3.63) is 46.3 Å². The van der Waals surface area contributed by atoms with E-state index in [4.69, 9.17) is 23.2 Å². The topological polar surface area (TPSA) is 29.0 Å². The number of nitrogens with zero attached hydrogens (tertiary/aromatic N) is 3. The summed E-state index contributed by atoms with van der Waals surface area (Å²) < 4.78 is 0. The maximum Gasteiger partial charge on any atom is 0.224 e. The van der Waals surface area contributed by atoms with Crippen LogP contribution in [0.5, 0.6) is 0 Å². The Labute approximate surface area is 110 Å². The van der Waals surface area contributed by atoms with Crippen molar-refractivity contribution in [2.45, 2.75) is 6.92 Å². The highest BCUT2D eigenvalue weighted by atomic mass is 35.5. The zero-order valence-electron chi connectivity index (χ0n) is 9.48. The molecule has 17 heavy (non-hydrogen) atoms. The Bertz CT molecular complexity index is 526. The lowest BCUT2D eigenvalue weighted by Crippen LogP contribution is -2.12. The van der Waals surface area contributed by atoms with Crippen LogP contribution < -0.4 is 4.90 Å². The van der Waals surface area contributed by atoms with Crippen molar-refractivity contribution in [2.24, 2.45) is 0 Å². The van der Waals surface area contributed by atoms with Crippen molar-refractivity contribution in [1.82, 2.24) is 9.97 Å². The molecule has 3 nitrogen and oxygen atoms in total. The lowest BCUT2D eigenvalue weighted by molar-refractivity contribution is 1.08. The van der Waals surface area contributed by atoms with E-state index in [1.165, 1.54) is 11.8 Å². The third kappa shape index (κ3) is 2.68. The molecule has 0 unspecified atom stereocenters. The first-order valence-corrected chi connectivity index (χ1v) is 5.82. The third-order valence-electron chi connectivity index (χ3n) is 2.44. The molecule has 88 valence electrons. The SMILES string of the molecule is Cc1ccc(N(C)c2nc(Cl)ncc2Cl)cc1. The highest BCUT2D eigenvalue weighted by Crippen LogP contribution is 2.28. The van der Waals surface area contributed by atoms with Crippen molar-refractivity contribution >= 4 is 34.7 Å². The molecule has 1 aromatic heterocycles. The fourth-order valence-corrected chi connectivity index (χ4v) is 1.81. The Morgan fingerprint density at radius 1 is 1.12 bits per heavy atom. The molecule has 0 saturated carbocycles. The number of hydrogen-bond donors (Lipinski definition) is 0. The molecule has 0 saturated heterocycles. The van der Waals surface area contributed by atoms with Crippen LogP contribution in [-0.2, 0) is 0 Å². The molecule has 0 spiro atoms. The molecule has 1 aromatic carbocycles. The number of anilines is 2. The van der Waals surface area contributed by atoms with Crippen LogP contribution in [0.2, 0.25) is 10.3 Å². The van der Waals surface area contributed by atoms with E-state index in [2.05, 4.69) is 9.97 Å². The first-order valence-electron chi connectivity index (χ1n) is 5.06. The van der Waals surface area contributed by atoms with E-state index in [1.807, 2.05) is 43.1 Å². The number of benzene rings is 1. The largest absolute Gasteiger partial charge is 0.328 e. The Morgan fingerprint density at radius 2 is 1.76 bits per heavy atom. The van der Waals surface area contributed by atoms with Gasteiger partial charge in [-0.2, -0.15) is 4.98 Å². The molecule has 0 N–H and O–H groups in total. The highest BCUT2D eigenvalue weighted by molar-refractivity contribution is 6.33. The van der Waals surface area contributed by atoms with Gasteiger partial charge < -0.3 is 4.90 Å². The minimum absolute atomic E-state index is 0.184. The predicted octanol–water partition coefficient (Wildman–Crippen LogP) is 3.86. The summed E-state index contributed by atoms with van der Waals surface area (Å²) in [5, 5.41) is 0.654. The Hall–Kier alpha value is -1.32. The molecule has 0 aliphatic heterocycles. The van der Waals surface area contributed by atoms with Crippen molar-refractivity contribution in [3.63, 3.8) is 0 Å². The minimum Gasteiger partial charge on any atom is -0.328 e. The Kier molecular flexibility index (Phi) is 3.50. The van der Waals surface area contributed by atoms with E-state index in [-0.39, 0.29) is 5.28 Å². The van der Waals surface area contributed by atoms with Crippen LogP contribution in [0, 0.1) is 6.92 Å². The second kappa shape index (κ2) is 4.90. The summed E-state index contributed by atoms with van der Waals surface area (Å²) in [7, 11) is 1.88. The fraction of sp³-hybridized carbons (Fsp3) is 0.167. The number of aryl methyl sites for hydroxylation is 1. The van der Waals surface area contributed by atoms with E-state index in [1.54, 1.807) is 0 Å². The van der Waals surface area contributed by atoms with E-state index in [9.17, 15) is 0 Å². The van der Waals surface area contributed by atoms with E-state index >= 15 is 0 Å². The average Bonchev–Trinajstić information content (AvgIpc) is 2.32. The quantitative estimate of drug-likeness (QED) is 0.774. The minimum atomic E-state index is 0.184. The van der Waals surface area contributed by atoms with Gasteiger partial charge >= 0.3 is 0 Å². The van der Waals surface area contributed by atoms with Crippen LogP contribution in [-0.4, -0.2) is 17.0 Å². The molecule has 0 aliphatic carbocycles. The second-order valence-electron chi connectivity index (χ2n) is 3.71. The summed E-state index contributed by atoms with van der Waals surface area (Å²) in [5.74, 6) is 0.593. The molecule has 0 atom stereocenters. The van der Waals surface area contributed by atoms with Gasteiger partial charge in [0.1, 0.15) is 5.02 Å². The third-order valence-corrected chi connectivity index (χ3v) is 2.88. The van der Waals surface area contributed by atoms with Crippen molar-refractivity contribution < 1.29 is 0 Å². The summed E-state index contributed by atoms with van der Waals surface area (Å²) in [5.41, 5.74) is 2.20. The van der Waals surface area contributed by atoms with Crippen LogP contribution in [0.1, 0.15) is 5.56 Å². The molecule has 5 heteroatoms. The predicted molar refractivity (Wildman–Crippen MR) is 71.3 cm³/mol. The molecule has 0 amide bonds. The van der Waals surface area contributed by atoms with Crippen molar-refractivity contribution in [2.75, 3.05) is 11.9 Å². The highest BCUT2D eigenvalue weighted by Gasteiger charge is 2.11. The fourth-order valence-electron chi connectivity index (χ4n) is 1.46. The first kappa shape index (κ1) is 12.1. The number of rotatable bonds is 2. The van der Waals surface area contributed by atoms with Gasteiger partial charge in [0.15, 0.2) is 5.82 Å². The van der Waals surface area contributed by atoms with Crippen molar-refractivity contribution in [1.29, 1.82) is 0 Å². The summed E-state index contributed by atoms with van der Waals surface area (Å²) in [4.78, 5) is 9.82. The first-order chi connectivity index (χ1) is 8.08. The number of hydrogen-bond acceptors (Lipinski definition) is 3. The monoisotopic (exact) mass is 267 g/mol. The molecule has 2 rings (SSSR count). The zero-order valence-corrected chi connectivity index (χ0v) is 11.0. The van der Waals surface area contributed by atoms with Gasteiger partial charge in [-0.25, -0.2) is 4.98 Å². The number of halogens is 2. The molecule has 0 radical (unpaired) electrons. The van der Waals surface area contributed by atoms with Crippen LogP contribution in [0.4, 0.5) is 11.5 Å². The molecule has 1 heterocycles. The van der Waals surface area contributed by atoms with Gasteiger partial charge in [-0.15, -0.1) is 0 Å². The lowest BCUT2D eigenvalue weighted by Gasteiger charge is -2.19. The Balaban J connectivity index is 2.39. The second-order valence-corrected chi connectivity index (χ2v) is 4.45. The summed E-state index contributed by atoms with van der Waals surface area (Å²) in [6.45, 7) is 2.04. The molecular formula is C12H11Cl2N3. The molecule has 2 aromatic rings. The summed E-state index contributed by atoms with van der Waals surface area (Å²) in [6.07, 6.45) is 1.50. The van der Waals surface area contributed by atoms with Gasteiger partial charge in [-0.05, 0) is 30.7 Å². The smallest absolute Gasteiger partial charge is 0.224 e. The summed E-state index contributed by atoms with van der Waals surface area (Å²) in [6, 6.07) is 8.06. The van der Waals surface area contributed by atoms with Crippen LogP contribution in [0.15, 0.2) is 30.5 Å². The van der Waals surface area contributed by atoms with E-state index in [0.29, 0.717) is 10.8 Å². The average molecular weight is 268 g/mol. The van der Waals surface area contributed by atoms with Gasteiger partial charge in [-0.1, -0.05) is 29.3 Å². The van der Waals surface area contributed by atoms with Gasteiger partial charge in [0.25, 0.3) is 0 Å². The van der Waals surface area contributed by atoms with Crippen LogP contribution in [0.3, 0.4) is 0 Å². The van der Waals surface area contributed by atoms with Gasteiger partial charge in [0, 0.05) is 12.7 Å².